The minimum atomic E-state index is 0.670. The van der Waals surface area contributed by atoms with Crippen LogP contribution in [0.4, 0.5) is 0 Å². The van der Waals surface area contributed by atoms with Gasteiger partial charge >= 0.3 is 0 Å². The molecule has 0 aliphatic carbocycles. The molecule has 0 heterocycles. The lowest BCUT2D eigenvalue weighted by Gasteiger charge is -2.11. The molecule has 0 radical (unpaired) electrons. The number of rotatable bonds is 9. The van der Waals surface area contributed by atoms with Crippen molar-refractivity contribution in [3.63, 3.8) is 0 Å². The SMILES string of the molecule is COc1ccc(OC)c(CSc2ccccc2C=NCCCN)c1. The molecule has 0 amide bonds. The Morgan fingerprint density at radius 1 is 1.12 bits per heavy atom. The molecule has 0 saturated carbocycles. The van der Waals surface area contributed by atoms with Gasteiger partial charge in [0.2, 0.25) is 0 Å². The number of benzene rings is 2. The molecule has 2 rings (SSSR count). The molecule has 5 heteroatoms. The molecule has 0 unspecified atom stereocenters. The number of nitrogens with zero attached hydrogens (tertiary/aromatic N) is 1. The fraction of sp³-hybridized carbons (Fsp3) is 0.316. The summed E-state index contributed by atoms with van der Waals surface area (Å²) in [4.78, 5) is 5.64. The summed E-state index contributed by atoms with van der Waals surface area (Å²) in [7, 11) is 3.36. The Bertz CT molecular complexity index is 674. The minimum Gasteiger partial charge on any atom is -0.497 e. The van der Waals surface area contributed by atoms with Gasteiger partial charge in [-0.1, -0.05) is 18.2 Å². The molecule has 0 aromatic heterocycles. The molecule has 24 heavy (non-hydrogen) atoms. The molecule has 128 valence electrons. The Labute approximate surface area is 148 Å². The third-order valence-corrected chi connectivity index (χ3v) is 4.65. The highest BCUT2D eigenvalue weighted by Gasteiger charge is 2.07. The molecular formula is C19H24N2O2S. The second kappa shape index (κ2) is 10.0. The zero-order valence-corrected chi connectivity index (χ0v) is 15.0. The third kappa shape index (κ3) is 5.28. The van der Waals surface area contributed by atoms with Crippen LogP contribution in [0.25, 0.3) is 0 Å². The van der Waals surface area contributed by atoms with Crippen LogP contribution in [0.1, 0.15) is 17.5 Å². The van der Waals surface area contributed by atoms with Crippen molar-refractivity contribution in [3.05, 3.63) is 53.6 Å². The van der Waals surface area contributed by atoms with E-state index in [1.165, 1.54) is 4.90 Å². The quantitative estimate of drug-likeness (QED) is 0.427. The fourth-order valence-electron chi connectivity index (χ4n) is 2.21. The first kappa shape index (κ1) is 18.4. The van der Waals surface area contributed by atoms with E-state index < -0.39 is 0 Å². The van der Waals surface area contributed by atoms with Crippen LogP contribution in [0, 0.1) is 0 Å². The second-order valence-corrected chi connectivity index (χ2v) is 6.20. The van der Waals surface area contributed by atoms with Gasteiger partial charge < -0.3 is 15.2 Å². The van der Waals surface area contributed by atoms with Crippen molar-refractivity contribution in [3.8, 4) is 11.5 Å². The van der Waals surface area contributed by atoms with Crippen LogP contribution in [0.15, 0.2) is 52.4 Å². The van der Waals surface area contributed by atoms with Crippen LogP contribution in [0.2, 0.25) is 0 Å². The first-order chi connectivity index (χ1) is 11.8. The Morgan fingerprint density at radius 2 is 1.96 bits per heavy atom. The maximum absolute atomic E-state index is 5.50. The predicted octanol–water partition coefficient (Wildman–Crippen LogP) is 3.76. The zero-order chi connectivity index (χ0) is 17.2. The molecule has 0 bridgehead atoms. The molecule has 0 aliphatic heterocycles. The molecule has 0 saturated heterocycles. The lowest BCUT2D eigenvalue weighted by Crippen LogP contribution is -2.00. The van der Waals surface area contributed by atoms with Crippen LogP contribution in [-0.4, -0.2) is 33.5 Å². The van der Waals surface area contributed by atoms with E-state index in [9.17, 15) is 0 Å². The van der Waals surface area contributed by atoms with Crippen molar-refractivity contribution in [1.82, 2.24) is 0 Å². The number of methoxy groups -OCH3 is 2. The molecule has 2 N–H and O–H groups in total. The second-order valence-electron chi connectivity index (χ2n) is 5.18. The average molecular weight is 344 g/mol. The van der Waals surface area contributed by atoms with Gasteiger partial charge in [-0.15, -0.1) is 11.8 Å². The van der Waals surface area contributed by atoms with Crippen LogP contribution in [-0.2, 0) is 5.75 Å². The van der Waals surface area contributed by atoms with E-state index >= 15 is 0 Å². The van der Waals surface area contributed by atoms with Gasteiger partial charge in [-0.25, -0.2) is 0 Å². The van der Waals surface area contributed by atoms with Gasteiger partial charge in [-0.3, -0.25) is 4.99 Å². The highest BCUT2D eigenvalue weighted by atomic mass is 32.2. The first-order valence-electron chi connectivity index (χ1n) is 7.91. The van der Waals surface area contributed by atoms with Crippen molar-refractivity contribution < 1.29 is 9.47 Å². The van der Waals surface area contributed by atoms with E-state index in [2.05, 4.69) is 17.1 Å². The Balaban J connectivity index is 2.10. The summed E-state index contributed by atoms with van der Waals surface area (Å²) >= 11 is 1.76. The zero-order valence-electron chi connectivity index (χ0n) is 14.2. The highest BCUT2D eigenvalue weighted by molar-refractivity contribution is 7.98. The largest absolute Gasteiger partial charge is 0.497 e. The number of hydrogen-bond donors (Lipinski definition) is 1. The standard InChI is InChI=1S/C19H24N2O2S/c1-22-17-8-9-18(23-2)16(12-17)14-24-19-7-4-3-6-15(19)13-21-11-5-10-20/h3-4,6-9,12-13H,5,10-11,14,20H2,1-2H3. The smallest absolute Gasteiger partial charge is 0.123 e. The third-order valence-electron chi connectivity index (χ3n) is 3.51. The van der Waals surface area contributed by atoms with Crippen molar-refractivity contribution in [2.75, 3.05) is 27.3 Å². The van der Waals surface area contributed by atoms with Gasteiger partial charge in [-0.05, 0) is 37.2 Å². The molecule has 2 aromatic carbocycles. The van der Waals surface area contributed by atoms with Gasteiger partial charge in [0.05, 0.1) is 14.2 Å². The minimum absolute atomic E-state index is 0.670. The summed E-state index contributed by atoms with van der Waals surface area (Å²) in [5.41, 5.74) is 7.74. The van der Waals surface area contributed by atoms with Crippen LogP contribution < -0.4 is 15.2 Å². The number of thioether (sulfide) groups is 1. The van der Waals surface area contributed by atoms with Crippen molar-refractivity contribution in [1.29, 1.82) is 0 Å². The fourth-order valence-corrected chi connectivity index (χ4v) is 3.21. The lowest BCUT2D eigenvalue weighted by atomic mass is 10.2. The summed E-state index contributed by atoms with van der Waals surface area (Å²) in [5.74, 6) is 2.51. The van der Waals surface area contributed by atoms with E-state index in [0.717, 1.165) is 41.3 Å². The molecule has 4 nitrogen and oxygen atoms in total. The topological polar surface area (TPSA) is 56.8 Å². The Morgan fingerprint density at radius 3 is 2.71 bits per heavy atom. The predicted molar refractivity (Wildman–Crippen MR) is 102 cm³/mol. The van der Waals surface area contributed by atoms with Crippen LogP contribution in [0.3, 0.4) is 0 Å². The van der Waals surface area contributed by atoms with Gasteiger partial charge in [-0.2, -0.15) is 0 Å². The van der Waals surface area contributed by atoms with Crippen molar-refractivity contribution in [2.45, 2.75) is 17.1 Å². The van der Waals surface area contributed by atoms with Crippen LogP contribution >= 0.6 is 11.8 Å². The van der Waals surface area contributed by atoms with E-state index in [-0.39, 0.29) is 0 Å². The van der Waals surface area contributed by atoms with Gasteiger partial charge in [0.15, 0.2) is 0 Å². The molecule has 2 aromatic rings. The maximum Gasteiger partial charge on any atom is 0.123 e. The number of hydrogen-bond acceptors (Lipinski definition) is 5. The number of aliphatic imine (C=N–C) groups is 1. The maximum atomic E-state index is 5.50. The molecule has 0 aliphatic rings. The van der Waals surface area contributed by atoms with E-state index in [0.29, 0.717) is 6.54 Å². The highest BCUT2D eigenvalue weighted by Crippen LogP contribution is 2.31. The number of nitrogens with two attached hydrogens (primary N) is 1. The van der Waals surface area contributed by atoms with E-state index in [1.54, 1.807) is 26.0 Å². The van der Waals surface area contributed by atoms with Gasteiger partial charge in [0, 0.05) is 34.5 Å². The first-order valence-corrected chi connectivity index (χ1v) is 8.89. The summed E-state index contributed by atoms with van der Waals surface area (Å²) in [6.45, 7) is 1.43. The summed E-state index contributed by atoms with van der Waals surface area (Å²) in [5, 5.41) is 0. The molecule has 0 spiro atoms. The van der Waals surface area contributed by atoms with Crippen LogP contribution in [0.5, 0.6) is 11.5 Å². The summed E-state index contributed by atoms with van der Waals surface area (Å²) < 4.78 is 10.8. The van der Waals surface area contributed by atoms with E-state index in [1.807, 2.05) is 36.5 Å². The van der Waals surface area contributed by atoms with E-state index in [4.69, 9.17) is 15.2 Å². The molecule has 0 fully saturated rings. The monoisotopic (exact) mass is 344 g/mol. The molecule has 0 atom stereocenters. The van der Waals surface area contributed by atoms with Crippen molar-refractivity contribution in [2.24, 2.45) is 10.7 Å². The summed E-state index contributed by atoms with van der Waals surface area (Å²) in [6, 6.07) is 14.1. The molecular weight excluding hydrogens is 320 g/mol. The van der Waals surface area contributed by atoms with Crippen molar-refractivity contribution >= 4 is 18.0 Å². The lowest BCUT2D eigenvalue weighted by molar-refractivity contribution is 0.400. The Kier molecular flexibility index (Phi) is 7.65. The normalized spacial score (nSPS) is 11.0. The summed E-state index contributed by atoms with van der Waals surface area (Å²) in [6.07, 6.45) is 2.84. The van der Waals surface area contributed by atoms with Gasteiger partial charge in [0.25, 0.3) is 0 Å². The number of ether oxygens (including phenoxy) is 2. The Hall–Kier alpha value is -1.98. The van der Waals surface area contributed by atoms with Gasteiger partial charge in [0.1, 0.15) is 11.5 Å². The average Bonchev–Trinajstić information content (AvgIpc) is 2.64.